The molecule has 1 amide bonds. The molecule has 0 radical (unpaired) electrons. The standard InChI is InChI=1S/C18H14N4OS2/c1-12-11-24-17(19-12)21-16(23)15-14(13-7-3-2-4-8-13)20-18(25-15)22-9-5-6-10-22/h2-11H,1H3,(H,19,21,23). The molecule has 0 bridgehead atoms. The van der Waals surface area contributed by atoms with Crippen LogP contribution < -0.4 is 5.32 Å². The predicted molar refractivity (Wildman–Crippen MR) is 102 cm³/mol. The Hall–Kier alpha value is -2.77. The molecule has 3 aromatic heterocycles. The molecule has 0 saturated heterocycles. The van der Waals surface area contributed by atoms with E-state index in [1.54, 1.807) is 0 Å². The van der Waals surface area contributed by atoms with Gasteiger partial charge in [0, 0.05) is 23.3 Å². The Morgan fingerprint density at radius 3 is 2.52 bits per heavy atom. The maximum absolute atomic E-state index is 12.8. The topological polar surface area (TPSA) is 59.8 Å². The van der Waals surface area contributed by atoms with Crippen LogP contribution in [0.3, 0.4) is 0 Å². The van der Waals surface area contributed by atoms with Crippen LogP contribution in [0.25, 0.3) is 16.4 Å². The van der Waals surface area contributed by atoms with Crippen LogP contribution in [0.15, 0.2) is 60.2 Å². The third-order valence-corrected chi connectivity index (χ3v) is 5.48. The summed E-state index contributed by atoms with van der Waals surface area (Å²) in [6.45, 7) is 1.90. The number of aromatic nitrogens is 3. The molecule has 3 heterocycles. The molecular weight excluding hydrogens is 352 g/mol. The quantitative estimate of drug-likeness (QED) is 0.573. The maximum atomic E-state index is 12.8. The van der Waals surface area contributed by atoms with Gasteiger partial charge in [0.15, 0.2) is 10.3 Å². The van der Waals surface area contributed by atoms with Crippen LogP contribution in [0.2, 0.25) is 0 Å². The van der Waals surface area contributed by atoms with E-state index < -0.39 is 0 Å². The fourth-order valence-corrected chi connectivity index (χ4v) is 4.03. The largest absolute Gasteiger partial charge is 0.300 e. The Morgan fingerprint density at radius 1 is 1.08 bits per heavy atom. The molecule has 124 valence electrons. The summed E-state index contributed by atoms with van der Waals surface area (Å²) in [4.78, 5) is 22.4. The number of carbonyl (C=O) groups excluding carboxylic acids is 1. The molecule has 0 fully saturated rings. The normalized spacial score (nSPS) is 10.8. The number of aryl methyl sites for hydroxylation is 1. The van der Waals surface area contributed by atoms with Gasteiger partial charge in [-0.05, 0) is 19.1 Å². The third kappa shape index (κ3) is 3.24. The molecule has 0 aliphatic rings. The summed E-state index contributed by atoms with van der Waals surface area (Å²) >= 11 is 2.78. The van der Waals surface area contributed by atoms with Gasteiger partial charge < -0.3 is 4.57 Å². The number of hydrogen-bond donors (Lipinski definition) is 1. The van der Waals surface area contributed by atoms with Crippen molar-refractivity contribution in [3.8, 4) is 16.4 Å². The van der Waals surface area contributed by atoms with E-state index in [0.717, 1.165) is 16.4 Å². The van der Waals surface area contributed by atoms with E-state index in [0.29, 0.717) is 15.7 Å². The lowest BCUT2D eigenvalue weighted by atomic mass is 10.1. The van der Waals surface area contributed by atoms with Crippen LogP contribution >= 0.6 is 22.7 Å². The van der Waals surface area contributed by atoms with Crippen molar-refractivity contribution in [2.24, 2.45) is 0 Å². The first-order valence-electron chi connectivity index (χ1n) is 7.64. The van der Waals surface area contributed by atoms with Gasteiger partial charge in [0.1, 0.15) is 4.88 Å². The van der Waals surface area contributed by atoms with Gasteiger partial charge in [-0.2, -0.15) is 0 Å². The Bertz CT molecular complexity index is 1000. The van der Waals surface area contributed by atoms with Crippen molar-refractivity contribution in [1.82, 2.24) is 14.5 Å². The van der Waals surface area contributed by atoms with E-state index >= 15 is 0 Å². The van der Waals surface area contributed by atoms with Gasteiger partial charge >= 0.3 is 0 Å². The summed E-state index contributed by atoms with van der Waals surface area (Å²) in [5.74, 6) is -0.191. The molecule has 25 heavy (non-hydrogen) atoms. The minimum atomic E-state index is -0.191. The predicted octanol–water partition coefficient (Wildman–Crippen LogP) is 4.62. The lowest BCUT2D eigenvalue weighted by Gasteiger charge is -2.02. The molecule has 4 rings (SSSR count). The fourth-order valence-electron chi connectivity index (χ4n) is 2.39. The molecule has 1 aromatic carbocycles. The molecular formula is C18H14N4OS2. The number of benzene rings is 1. The van der Waals surface area contributed by atoms with Gasteiger partial charge in [-0.25, -0.2) is 9.97 Å². The highest BCUT2D eigenvalue weighted by Gasteiger charge is 2.21. The zero-order valence-corrected chi connectivity index (χ0v) is 15.0. The van der Waals surface area contributed by atoms with E-state index in [2.05, 4.69) is 10.3 Å². The van der Waals surface area contributed by atoms with Crippen LogP contribution in [0.4, 0.5) is 5.13 Å². The van der Waals surface area contributed by atoms with Gasteiger partial charge in [-0.1, -0.05) is 41.7 Å². The molecule has 0 atom stereocenters. The smallest absolute Gasteiger partial charge is 0.269 e. The first kappa shape index (κ1) is 15.7. The number of rotatable bonds is 4. The van der Waals surface area contributed by atoms with Crippen molar-refractivity contribution in [3.05, 3.63) is 70.8 Å². The fraction of sp³-hybridized carbons (Fsp3) is 0.0556. The molecule has 0 unspecified atom stereocenters. The summed E-state index contributed by atoms with van der Waals surface area (Å²) < 4.78 is 1.90. The highest BCUT2D eigenvalue weighted by molar-refractivity contribution is 7.17. The molecule has 0 saturated carbocycles. The van der Waals surface area contributed by atoms with Gasteiger partial charge in [-0.3, -0.25) is 10.1 Å². The summed E-state index contributed by atoms with van der Waals surface area (Å²) in [7, 11) is 0. The van der Waals surface area contributed by atoms with Crippen molar-refractivity contribution in [3.63, 3.8) is 0 Å². The van der Waals surface area contributed by atoms with E-state index in [-0.39, 0.29) is 5.91 Å². The molecule has 5 nitrogen and oxygen atoms in total. The van der Waals surface area contributed by atoms with E-state index in [1.807, 2.05) is 71.7 Å². The van der Waals surface area contributed by atoms with E-state index in [4.69, 9.17) is 4.98 Å². The number of anilines is 1. The summed E-state index contributed by atoms with van der Waals surface area (Å²) in [5.41, 5.74) is 2.48. The van der Waals surface area contributed by atoms with E-state index in [1.165, 1.54) is 22.7 Å². The minimum absolute atomic E-state index is 0.191. The molecule has 0 aliphatic carbocycles. The van der Waals surface area contributed by atoms with Gasteiger partial charge in [-0.15, -0.1) is 11.3 Å². The molecule has 0 spiro atoms. The number of carbonyl (C=O) groups is 1. The first-order chi connectivity index (χ1) is 12.2. The molecule has 4 aromatic rings. The average Bonchev–Trinajstić information content (AvgIpc) is 3.35. The van der Waals surface area contributed by atoms with Gasteiger partial charge in [0.05, 0.1) is 11.4 Å². The number of thiazole rings is 2. The Kier molecular flexibility index (Phi) is 4.17. The maximum Gasteiger partial charge on any atom is 0.269 e. The zero-order chi connectivity index (χ0) is 17.2. The van der Waals surface area contributed by atoms with Crippen LogP contribution in [-0.2, 0) is 0 Å². The van der Waals surface area contributed by atoms with Gasteiger partial charge in [0.25, 0.3) is 5.91 Å². The highest BCUT2D eigenvalue weighted by Crippen LogP contribution is 2.31. The SMILES string of the molecule is Cc1csc(NC(=O)c2sc(-n3cccc3)nc2-c2ccccc2)n1. The summed E-state index contributed by atoms with van der Waals surface area (Å²) in [5, 5.41) is 6.13. The number of nitrogens with one attached hydrogen (secondary N) is 1. The van der Waals surface area contributed by atoms with Gasteiger partial charge in [0.2, 0.25) is 0 Å². The van der Waals surface area contributed by atoms with Crippen LogP contribution in [0.5, 0.6) is 0 Å². The second kappa shape index (κ2) is 6.62. The van der Waals surface area contributed by atoms with Crippen LogP contribution in [0, 0.1) is 6.92 Å². The van der Waals surface area contributed by atoms with Crippen molar-refractivity contribution >= 4 is 33.7 Å². The third-order valence-electron chi connectivity index (χ3n) is 3.53. The van der Waals surface area contributed by atoms with Crippen LogP contribution in [-0.4, -0.2) is 20.4 Å². The average molecular weight is 366 g/mol. The molecule has 1 N–H and O–H groups in total. The number of hydrogen-bond acceptors (Lipinski definition) is 5. The first-order valence-corrected chi connectivity index (χ1v) is 9.33. The summed E-state index contributed by atoms with van der Waals surface area (Å²) in [6, 6.07) is 13.6. The Balaban J connectivity index is 1.75. The second-order valence-electron chi connectivity index (χ2n) is 5.38. The Labute approximate surface area is 152 Å². The second-order valence-corrected chi connectivity index (χ2v) is 7.21. The Morgan fingerprint density at radius 2 is 1.84 bits per heavy atom. The van der Waals surface area contributed by atoms with Crippen LogP contribution in [0.1, 0.15) is 15.4 Å². The lowest BCUT2D eigenvalue weighted by molar-refractivity contribution is 0.103. The number of nitrogens with zero attached hydrogens (tertiary/aromatic N) is 3. The van der Waals surface area contributed by atoms with E-state index in [9.17, 15) is 4.79 Å². The monoisotopic (exact) mass is 366 g/mol. The minimum Gasteiger partial charge on any atom is -0.300 e. The lowest BCUT2D eigenvalue weighted by Crippen LogP contribution is -2.11. The zero-order valence-electron chi connectivity index (χ0n) is 13.3. The molecule has 0 aliphatic heterocycles. The highest BCUT2D eigenvalue weighted by atomic mass is 32.1. The molecule has 7 heteroatoms. The van der Waals surface area contributed by atoms with Crippen molar-refractivity contribution in [2.75, 3.05) is 5.32 Å². The summed E-state index contributed by atoms with van der Waals surface area (Å²) in [6.07, 6.45) is 3.83. The van der Waals surface area contributed by atoms with Crippen molar-refractivity contribution < 1.29 is 4.79 Å². The number of amides is 1. The van der Waals surface area contributed by atoms with Crippen molar-refractivity contribution in [2.45, 2.75) is 6.92 Å². The van der Waals surface area contributed by atoms with Crippen molar-refractivity contribution in [1.29, 1.82) is 0 Å².